The first-order valence-corrected chi connectivity index (χ1v) is 17.3. The minimum atomic E-state index is -1.30. The van der Waals surface area contributed by atoms with Crippen LogP contribution in [0.25, 0.3) is 28.0 Å². The Morgan fingerprint density at radius 1 is 0.898 bits per heavy atom. The summed E-state index contributed by atoms with van der Waals surface area (Å²) >= 11 is 0. The normalized spacial score (nSPS) is 24.0. The van der Waals surface area contributed by atoms with Gasteiger partial charge < -0.3 is 32.5 Å². The molecule has 0 bridgehead atoms. The second-order valence-corrected chi connectivity index (χ2v) is 14.9. The summed E-state index contributed by atoms with van der Waals surface area (Å²) in [4.78, 5) is 11.8. The van der Waals surface area contributed by atoms with E-state index < -0.39 is 17.2 Å². The molecule has 1 spiro atoms. The lowest BCUT2D eigenvalue weighted by Gasteiger charge is -2.30. The van der Waals surface area contributed by atoms with Crippen molar-refractivity contribution in [2.24, 2.45) is 11.3 Å². The summed E-state index contributed by atoms with van der Waals surface area (Å²) in [5, 5.41) is 1.55. The third-order valence-corrected chi connectivity index (χ3v) is 10.2. The van der Waals surface area contributed by atoms with Crippen molar-refractivity contribution in [1.82, 2.24) is 0 Å². The molecule has 2 unspecified atom stereocenters. The molecule has 2 aliphatic heterocycles. The van der Waals surface area contributed by atoms with Gasteiger partial charge in [0.2, 0.25) is 0 Å². The summed E-state index contributed by atoms with van der Waals surface area (Å²) in [6.07, 6.45) is 14.7. The van der Waals surface area contributed by atoms with Crippen LogP contribution in [-0.4, -0.2) is 30.9 Å². The molecule has 4 aromatic rings. The van der Waals surface area contributed by atoms with E-state index in [0.717, 1.165) is 52.8 Å². The van der Waals surface area contributed by atoms with E-state index in [9.17, 15) is 4.79 Å². The highest BCUT2D eigenvalue weighted by Crippen LogP contribution is 2.54. The van der Waals surface area contributed by atoms with E-state index >= 15 is 0 Å². The molecule has 2 fully saturated rings. The molecule has 2 aromatic carbocycles. The molecule has 2 aromatic heterocycles. The van der Waals surface area contributed by atoms with E-state index in [-0.39, 0.29) is 6.10 Å². The molecule has 4 heterocycles. The van der Waals surface area contributed by atoms with Gasteiger partial charge in [0.15, 0.2) is 0 Å². The Hall–Kier alpha value is -4.27. The van der Waals surface area contributed by atoms with Crippen LogP contribution in [-0.2, 0) is 9.47 Å². The largest absolute Gasteiger partial charge is 0.489 e. The molecule has 8 heteroatoms. The molecule has 7 rings (SSSR count). The smallest absolute Gasteiger partial charge is 0.350 e. The van der Waals surface area contributed by atoms with Crippen molar-refractivity contribution in [3.8, 4) is 17.2 Å². The minimum Gasteiger partial charge on any atom is -0.489 e. The van der Waals surface area contributed by atoms with E-state index in [1.54, 1.807) is 18.4 Å². The highest BCUT2D eigenvalue weighted by Gasteiger charge is 2.54. The van der Waals surface area contributed by atoms with Crippen molar-refractivity contribution in [3.05, 3.63) is 94.1 Å². The van der Waals surface area contributed by atoms with Gasteiger partial charge in [-0.2, -0.15) is 0 Å². The number of benzene rings is 2. The summed E-state index contributed by atoms with van der Waals surface area (Å²) in [5.74, 6) is 1.59. The van der Waals surface area contributed by atoms with Crippen LogP contribution in [0, 0.1) is 11.3 Å². The van der Waals surface area contributed by atoms with E-state index in [2.05, 4.69) is 39.8 Å². The van der Waals surface area contributed by atoms with Crippen molar-refractivity contribution in [1.29, 1.82) is 0 Å². The summed E-state index contributed by atoms with van der Waals surface area (Å²) in [5.41, 5.74) is 4.03. The zero-order chi connectivity index (χ0) is 34.4. The standard InChI is InChI=1S/C41H46O8/c1-26(7-10-29-25-39(29,3)4)16-20-43-30-11-9-28-15-19-41(47-33(28)23-30)48-36(40(5,6)49-41)13-8-27(2)17-21-45-38-31-12-14-37(42)46-35(31)24-34-32(38)18-22-44-34/h9,11-12,14-19,22-24,29,36H,7-8,10,13,20-21,25H2,1-6H3/b26-16+,27-17+/t29?,36?,41-/m0/s1. The molecule has 1 saturated carbocycles. The maximum atomic E-state index is 11.8. The van der Waals surface area contributed by atoms with Gasteiger partial charge in [-0.15, -0.1) is 0 Å². The number of ether oxygens (including phenoxy) is 5. The molecule has 49 heavy (non-hydrogen) atoms. The molecule has 3 aliphatic rings. The molecule has 0 N–H and O–H groups in total. The second-order valence-electron chi connectivity index (χ2n) is 14.9. The van der Waals surface area contributed by atoms with Crippen LogP contribution >= 0.6 is 0 Å². The lowest BCUT2D eigenvalue weighted by Crippen LogP contribution is -2.38. The monoisotopic (exact) mass is 666 g/mol. The average molecular weight is 667 g/mol. The van der Waals surface area contributed by atoms with Crippen LogP contribution in [0.4, 0.5) is 0 Å². The van der Waals surface area contributed by atoms with Crippen molar-refractivity contribution < 1.29 is 32.5 Å². The van der Waals surface area contributed by atoms with Gasteiger partial charge in [0, 0.05) is 29.8 Å². The Bertz CT molecular complexity index is 2010. The summed E-state index contributed by atoms with van der Waals surface area (Å²) in [6, 6.07) is 12.6. The molecule has 8 nitrogen and oxygen atoms in total. The Balaban J connectivity index is 0.939. The number of hydrogen-bond acceptors (Lipinski definition) is 8. The van der Waals surface area contributed by atoms with E-state index in [1.807, 2.05) is 50.3 Å². The lowest BCUT2D eigenvalue weighted by atomic mass is 9.96. The van der Waals surface area contributed by atoms with Gasteiger partial charge in [0.05, 0.1) is 28.7 Å². The molecular formula is C41H46O8. The van der Waals surface area contributed by atoms with Crippen LogP contribution in [0.3, 0.4) is 0 Å². The zero-order valence-electron chi connectivity index (χ0n) is 29.3. The molecule has 258 valence electrons. The van der Waals surface area contributed by atoms with Gasteiger partial charge in [-0.1, -0.05) is 25.0 Å². The third-order valence-electron chi connectivity index (χ3n) is 10.2. The molecule has 1 aliphatic carbocycles. The SMILES string of the molecule is C/C(=C\COc1ccc2c(c1)O[C@@]1(C=C2)OC(CC/C(C)=C/COc2c3ccoc3cc3oc(=O)ccc23)C(C)(C)O1)CCC1CC1(C)C. The predicted molar refractivity (Wildman–Crippen MR) is 190 cm³/mol. The Kier molecular flexibility index (Phi) is 8.74. The van der Waals surface area contributed by atoms with Crippen LogP contribution in [0.2, 0.25) is 0 Å². The average Bonchev–Trinajstić information content (AvgIpc) is 3.31. The molecule has 0 radical (unpaired) electrons. The molecule has 3 atom stereocenters. The number of furan rings is 1. The summed E-state index contributed by atoms with van der Waals surface area (Å²) in [6.45, 7) is 13.9. The van der Waals surface area contributed by atoms with Crippen LogP contribution in [0.15, 0.2) is 91.7 Å². The lowest BCUT2D eigenvalue weighted by molar-refractivity contribution is -0.270. The first-order valence-electron chi connectivity index (χ1n) is 17.3. The number of allylic oxidation sites excluding steroid dienone is 2. The van der Waals surface area contributed by atoms with Crippen LogP contribution in [0.5, 0.6) is 17.2 Å². The molecule has 0 amide bonds. The molecular weight excluding hydrogens is 620 g/mol. The Labute approximate surface area is 287 Å². The summed E-state index contributed by atoms with van der Waals surface area (Å²) < 4.78 is 42.6. The van der Waals surface area contributed by atoms with Crippen molar-refractivity contribution in [3.63, 3.8) is 0 Å². The van der Waals surface area contributed by atoms with Gasteiger partial charge in [-0.25, -0.2) is 4.79 Å². The van der Waals surface area contributed by atoms with E-state index in [1.165, 1.54) is 24.5 Å². The number of rotatable bonds is 12. The van der Waals surface area contributed by atoms with Crippen molar-refractivity contribution in [2.45, 2.75) is 91.3 Å². The fourth-order valence-electron chi connectivity index (χ4n) is 6.88. The van der Waals surface area contributed by atoms with Gasteiger partial charge in [-0.3, -0.25) is 0 Å². The van der Waals surface area contributed by atoms with Crippen molar-refractivity contribution >= 4 is 28.0 Å². The maximum absolute atomic E-state index is 11.8. The van der Waals surface area contributed by atoms with Gasteiger partial charge in [0.1, 0.15) is 41.6 Å². The third kappa shape index (κ3) is 7.22. The Morgan fingerprint density at radius 2 is 1.63 bits per heavy atom. The summed E-state index contributed by atoms with van der Waals surface area (Å²) in [7, 11) is 0. The highest BCUT2D eigenvalue weighted by molar-refractivity contribution is 6.01. The van der Waals surface area contributed by atoms with Crippen molar-refractivity contribution in [2.75, 3.05) is 13.2 Å². The maximum Gasteiger partial charge on any atom is 0.350 e. The number of hydrogen-bond donors (Lipinski definition) is 0. The quantitative estimate of drug-likeness (QED) is 0.109. The van der Waals surface area contributed by atoms with Gasteiger partial charge in [0.25, 0.3) is 0 Å². The molecule has 1 saturated heterocycles. The first-order chi connectivity index (χ1) is 23.4. The van der Waals surface area contributed by atoms with Gasteiger partial charge in [-0.05, 0) is 114 Å². The zero-order valence-corrected chi connectivity index (χ0v) is 29.3. The van der Waals surface area contributed by atoms with Gasteiger partial charge >= 0.3 is 11.6 Å². The highest BCUT2D eigenvalue weighted by atomic mass is 16.9. The minimum absolute atomic E-state index is 0.205. The second kappa shape index (κ2) is 12.9. The van der Waals surface area contributed by atoms with E-state index in [4.69, 9.17) is 32.5 Å². The topological polar surface area (TPSA) is 89.5 Å². The fourth-order valence-corrected chi connectivity index (χ4v) is 6.88. The first kappa shape index (κ1) is 33.2. The Morgan fingerprint density at radius 3 is 2.41 bits per heavy atom. The predicted octanol–water partition coefficient (Wildman–Crippen LogP) is 9.75. The van der Waals surface area contributed by atoms with Crippen LogP contribution in [0.1, 0.15) is 79.2 Å². The van der Waals surface area contributed by atoms with Crippen LogP contribution < -0.4 is 19.8 Å². The van der Waals surface area contributed by atoms with E-state index in [0.29, 0.717) is 41.3 Å². The fraction of sp³-hybridized carbons (Fsp3) is 0.439. The number of fused-ring (bicyclic) bond motifs is 3.